The Morgan fingerprint density at radius 2 is 2.11 bits per heavy atom. The topological polar surface area (TPSA) is 59.4 Å². The van der Waals surface area contributed by atoms with Gasteiger partial charge in [-0.3, -0.25) is 0 Å². The molecule has 1 aromatic heterocycles. The molecule has 0 unspecified atom stereocenters. The van der Waals surface area contributed by atoms with Gasteiger partial charge in [0.25, 0.3) is 0 Å². The highest BCUT2D eigenvalue weighted by Gasteiger charge is 2.10. The van der Waals surface area contributed by atoms with Crippen LogP contribution in [0.5, 0.6) is 5.88 Å². The molecule has 4 nitrogen and oxygen atoms in total. The van der Waals surface area contributed by atoms with E-state index in [4.69, 9.17) is 21.4 Å². The van der Waals surface area contributed by atoms with E-state index >= 15 is 0 Å². The fourth-order valence-corrected chi connectivity index (χ4v) is 2.09. The van der Waals surface area contributed by atoms with Gasteiger partial charge in [0.05, 0.1) is 12.7 Å². The number of aromatic nitrogens is 1. The highest BCUT2D eigenvalue weighted by molar-refractivity contribution is 6.32. The zero-order chi connectivity index (χ0) is 14.0. The number of pyridine rings is 1. The maximum atomic E-state index is 10.9. The number of rotatable bonds is 3. The highest BCUT2D eigenvalue weighted by Crippen LogP contribution is 2.29. The minimum Gasteiger partial charge on any atom is -0.480 e. The third-order valence-electron chi connectivity index (χ3n) is 2.79. The molecule has 0 amide bonds. The molecular formula is C14H12ClNO3. The van der Waals surface area contributed by atoms with Crippen LogP contribution in [0, 0.1) is 6.92 Å². The van der Waals surface area contributed by atoms with Gasteiger partial charge in [0.2, 0.25) is 5.88 Å². The molecule has 0 saturated heterocycles. The summed E-state index contributed by atoms with van der Waals surface area (Å²) in [5.74, 6) is -0.578. The van der Waals surface area contributed by atoms with Crippen molar-refractivity contribution in [1.82, 2.24) is 4.98 Å². The van der Waals surface area contributed by atoms with Crippen LogP contribution in [0.4, 0.5) is 0 Å². The molecule has 1 heterocycles. The molecule has 0 bridgehead atoms. The Morgan fingerprint density at radius 1 is 1.37 bits per heavy atom. The van der Waals surface area contributed by atoms with Gasteiger partial charge in [-0.2, -0.15) is 0 Å². The second-order valence-corrected chi connectivity index (χ2v) is 4.46. The molecule has 0 atom stereocenters. The monoisotopic (exact) mass is 277 g/mol. The predicted octanol–water partition coefficient (Wildman–Crippen LogP) is 3.42. The molecule has 1 aromatic carbocycles. The number of carbonyl (C=O) groups is 1. The van der Waals surface area contributed by atoms with Gasteiger partial charge in [-0.15, -0.1) is 0 Å². The summed E-state index contributed by atoms with van der Waals surface area (Å²) in [6.45, 7) is 1.85. The summed E-state index contributed by atoms with van der Waals surface area (Å²) < 4.78 is 5.00. The van der Waals surface area contributed by atoms with Crippen LogP contribution < -0.4 is 4.74 Å². The van der Waals surface area contributed by atoms with Crippen molar-refractivity contribution in [2.75, 3.05) is 7.11 Å². The van der Waals surface area contributed by atoms with Crippen molar-refractivity contribution >= 4 is 17.6 Å². The van der Waals surface area contributed by atoms with Crippen molar-refractivity contribution in [3.05, 3.63) is 46.6 Å². The van der Waals surface area contributed by atoms with E-state index in [1.54, 1.807) is 30.5 Å². The molecule has 0 aliphatic heterocycles. The van der Waals surface area contributed by atoms with Crippen LogP contribution in [-0.4, -0.2) is 23.2 Å². The lowest BCUT2D eigenvalue weighted by atomic mass is 10.00. The van der Waals surface area contributed by atoms with Gasteiger partial charge in [0.15, 0.2) is 0 Å². The van der Waals surface area contributed by atoms with E-state index in [-0.39, 0.29) is 5.56 Å². The average molecular weight is 278 g/mol. The van der Waals surface area contributed by atoms with Crippen molar-refractivity contribution in [3.63, 3.8) is 0 Å². The van der Waals surface area contributed by atoms with Crippen molar-refractivity contribution in [3.8, 4) is 17.0 Å². The van der Waals surface area contributed by atoms with Crippen molar-refractivity contribution in [2.45, 2.75) is 6.92 Å². The van der Waals surface area contributed by atoms with Gasteiger partial charge >= 0.3 is 5.97 Å². The summed E-state index contributed by atoms with van der Waals surface area (Å²) >= 11 is 6.03. The minimum absolute atomic E-state index is 0.258. The fraction of sp³-hybridized carbons (Fsp3) is 0.143. The first-order chi connectivity index (χ1) is 9.02. The van der Waals surface area contributed by atoms with Gasteiger partial charge in [0, 0.05) is 11.8 Å². The zero-order valence-electron chi connectivity index (χ0n) is 10.5. The SMILES string of the molecule is COc1ncc(-c2ccc(C(=O)O)cc2C)cc1Cl. The molecule has 0 spiro atoms. The van der Waals surface area contributed by atoms with Crippen LogP contribution in [0.15, 0.2) is 30.5 Å². The number of benzene rings is 1. The van der Waals surface area contributed by atoms with E-state index in [0.717, 1.165) is 16.7 Å². The quantitative estimate of drug-likeness (QED) is 0.934. The second-order valence-electron chi connectivity index (χ2n) is 4.05. The summed E-state index contributed by atoms with van der Waals surface area (Å²) in [4.78, 5) is 15.0. The summed E-state index contributed by atoms with van der Waals surface area (Å²) in [5, 5.41) is 9.35. The smallest absolute Gasteiger partial charge is 0.335 e. The van der Waals surface area contributed by atoms with Crippen LogP contribution in [0.25, 0.3) is 11.1 Å². The van der Waals surface area contributed by atoms with E-state index < -0.39 is 5.97 Å². The number of ether oxygens (including phenoxy) is 1. The van der Waals surface area contributed by atoms with E-state index in [1.165, 1.54) is 7.11 Å². The first kappa shape index (κ1) is 13.4. The summed E-state index contributed by atoms with van der Waals surface area (Å²) in [7, 11) is 1.50. The van der Waals surface area contributed by atoms with E-state index in [1.807, 2.05) is 6.92 Å². The summed E-state index contributed by atoms with van der Waals surface area (Å²) in [5.41, 5.74) is 2.82. The van der Waals surface area contributed by atoms with Crippen molar-refractivity contribution in [2.24, 2.45) is 0 Å². The van der Waals surface area contributed by atoms with E-state index in [2.05, 4.69) is 4.98 Å². The maximum Gasteiger partial charge on any atom is 0.335 e. The number of methoxy groups -OCH3 is 1. The Hall–Kier alpha value is -2.07. The normalized spacial score (nSPS) is 10.3. The van der Waals surface area contributed by atoms with Crippen LogP contribution >= 0.6 is 11.6 Å². The third kappa shape index (κ3) is 2.69. The highest BCUT2D eigenvalue weighted by atomic mass is 35.5. The Bertz CT molecular complexity index is 641. The number of aromatic carboxylic acids is 1. The number of hydrogen-bond donors (Lipinski definition) is 1. The first-order valence-electron chi connectivity index (χ1n) is 5.56. The Labute approximate surface area is 115 Å². The number of halogens is 1. The van der Waals surface area contributed by atoms with Gasteiger partial charge < -0.3 is 9.84 Å². The largest absolute Gasteiger partial charge is 0.480 e. The molecule has 0 saturated carbocycles. The second kappa shape index (κ2) is 5.28. The molecule has 0 fully saturated rings. The Morgan fingerprint density at radius 3 is 2.63 bits per heavy atom. The van der Waals surface area contributed by atoms with Gasteiger partial charge in [-0.05, 0) is 36.2 Å². The lowest BCUT2D eigenvalue weighted by Crippen LogP contribution is -1.97. The molecule has 2 rings (SSSR count). The molecule has 1 N–H and O–H groups in total. The van der Waals surface area contributed by atoms with Gasteiger partial charge in [0.1, 0.15) is 5.02 Å². The Kier molecular flexibility index (Phi) is 3.71. The zero-order valence-corrected chi connectivity index (χ0v) is 11.2. The first-order valence-corrected chi connectivity index (χ1v) is 5.94. The molecule has 98 valence electrons. The standard InChI is InChI=1S/C14H12ClNO3/c1-8-5-9(14(17)18)3-4-11(8)10-6-12(15)13(19-2)16-7-10/h3-7H,1-2H3,(H,17,18). The number of nitrogens with zero attached hydrogens (tertiary/aromatic N) is 1. The third-order valence-corrected chi connectivity index (χ3v) is 3.06. The molecule has 0 radical (unpaired) electrons. The molecular weight excluding hydrogens is 266 g/mol. The van der Waals surface area contributed by atoms with Gasteiger partial charge in [-0.25, -0.2) is 9.78 Å². The molecule has 19 heavy (non-hydrogen) atoms. The fourth-order valence-electron chi connectivity index (χ4n) is 1.84. The Balaban J connectivity index is 2.47. The summed E-state index contributed by atoms with van der Waals surface area (Å²) in [6.07, 6.45) is 1.65. The number of carboxylic acids is 1. The number of hydrogen-bond acceptors (Lipinski definition) is 3. The van der Waals surface area contributed by atoms with E-state index in [0.29, 0.717) is 10.9 Å². The number of carboxylic acid groups (broad SMARTS) is 1. The molecule has 0 aliphatic carbocycles. The van der Waals surface area contributed by atoms with Crippen LogP contribution in [0.3, 0.4) is 0 Å². The summed E-state index contributed by atoms with van der Waals surface area (Å²) in [6, 6.07) is 6.67. The number of aryl methyl sites for hydroxylation is 1. The molecule has 2 aromatic rings. The minimum atomic E-state index is -0.944. The lowest BCUT2D eigenvalue weighted by molar-refractivity contribution is 0.0697. The van der Waals surface area contributed by atoms with Crippen LogP contribution in [0.1, 0.15) is 15.9 Å². The van der Waals surface area contributed by atoms with Gasteiger partial charge in [-0.1, -0.05) is 17.7 Å². The average Bonchev–Trinajstić information content (AvgIpc) is 2.38. The molecule has 0 aliphatic rings. The predicted molar refractivity (Wildman–Crippen MR) is 72.9 cm³/mol. The van der Waals surface area contributed by atoms with E-state index in [9.17, 15) is 4.79 Å². The lowest BCUT2D eigenvalue weighted by Gasteiger charge is -2.08. The van der Waals surface area contributed by atoms with Crippen LogP contribution in [0.2, 0.25) is 5.02 Å². The van der Waals surface area contributed by atoms with Crippen molar-refractivity contribution < 1.29 is 14.6 Å². The van der Waals surface area contributed by atoms with Crippen LogP contribution in [-0.2, 0) is 0 Å². The maximum absolute atomic E-state index is 10.9. The van der Waals surface area contributed by atoms with Crippen molar-refractivity contribution in [1.29, 1.82) is 0 Å². The molecule has 5 heteroatoms.